The van der Waals surface area contributed by atoms with Crippen molar-refractivity contribution in [1.82, 2.24) is 0 Å². The van der Waals surface area contributed by atoms with Gasteiger partial charge in [0.2, 0.25) is 0 Å². The fourth-order valence-electron chi connectivity index (χ4n) is 9.40. The Kier molecular flexibility index (Phi) is 64.8. The number of allylic oxidation sites excluding steroid dienone is 20. The number of ether oxygens (including phenoxy) is 3. The molecule has 0 aromatic rings. The van der Waals surface area contributed by atoms with Gasteiger partial charge in [-0.15, -0.1) is 0 Å². The zero-order chi connectivity index (χ0) is 58.5. The SMILES string of the molecule is CC/C=C\C/C=C\C/C=C\C/C=C\C/C=C\CCCCCCCCCCCCCCCC(=O)OCC(COC(=O)CCCC/C=C\C/C=C\C/C=C\C/C=C\CC)OC(=O)CCCCCCCCCCC/C=C\CCCCCCCC. The summed E-state index contributed by atoms with van der Waals surface area (Å²) in [5.41, 5.74) is 0. The van der Waals surface area contributed by atoms with Crippen LogP contribution >= 0.6 is 0 Å². The highest BCUT2D eigenvalue weighted by Gasteiger charge is 2.19. The van der Waals surface area contributed by atoms with E-state index in [4.69, 9.17) is 14.2 Å². The first-order valence-electron chi connectivity index (χ1n) is 34.0. The standard InChI is InChI=1S/C75H126O6/c1-4-7-10-13-16-19-22-25-28-30-32-33-34-35-36-37-38-39-40-41-43-44-47-50-53-56-59-62-65-68-74(77)80-71-72(70-79-73(76)67-64-61-58-55-52-49-46-27-24-21-18-15-12-9-6-3)81-75(78)69-66-63-60-57-54-51-48-45-42-31-29-26-23-20-17-14-11-8-5-2/h7,9-10,12,16,18-19,21,25-29,32-33,35-36,46,52,55,72H,4-6,8,11,13-15,17,20,22-24,30-31,34,37-45,47-51,53-54,56-71H2,1-3H3/b10-7-,12-9-,19-16-,21-18-,28-25-,29-26-,33-32-,36-35-,46-27-,55-52-. The van der Waals surface area contributed by atoms with Crippen LogP contribution in [0.1, 0.15) is 316 Å². The molecule has 0 N–H and O–H groups in total. The molecular weight excluding hydrogens is 997 g/mol. The molecule has 0 aliphatic rings. The third-order valence-corrected chi connectivity index (χ3v) is 14.4. The highest BCUT2D eigenvalue weighted by Crippen LogP contribution is 2.16. The maximum absolute atomic E-state index is 12.9. The van der Waals surface area contributed by atoms with E-state index in [0.717, 1.165) is 116 Å². The third kappa shape index (κ3) is 66.5. The van der Waals surface area contributed by atoms with Gasteiger partial charge < -0.3 is 14.2 Å². The van der Waals surface area contributed by atoms with Gasteiger partial charge in [0.15, 0.2) is 6.10 Å². The zero-order valence-corrected chi connectivity index (χ0v) is 53.0. The molecule has 0 heterocycles. The highest BCUT2D eigenvalue weighted by atomic mass is 16.6. The lowest BCUT2D eigenvalue weighted by Crippen LogP contribution is -2.30. The summed E-state index contributed by atoms with van der Waals surface area (Å²) in [5.74, 6) is -0.930. The van der Waals surface area contributed by atoms with Crippen LogP contribution in [0.4, 0.5) is 0 Å². The van der Waals surface area contributed by atoms with Crippen molar-refractivity contribution in [2.75, 3.05) is 13.2 Å². The molecule has 0 aliphatic carbocycles. The lowest BCUT2D eigenvalue weighted by atomic mass is 10.0. The Hall–Kier alpha value is -4.19. The van der Waals surface area contributed by atoms with Crippen LogP contribution < -0.4 is 0 Å². The first kappa shape index (κ1) is 76.8. The number of rotatable bonds is 61. The van der Waals surface area contributed by atoms with Gasteiger partial charge in [-0.05, 0) is 128 Å². The summed E-state index contributed by atoms with van der Waals surface area (Å²) < 4.78 is 16.9. The van der Waals surface area contributed by atoms with E-state index < -0.39 is 6.10 Å². The van der Waals surface area contributed by atoms with Gasteiger partial charge in [0, 0.05) is 19.3 Å². The molecule has 0 fully saturated rings. The summed E-state index contributed by atoms with van der Waals surface area (Å²) in [6.07, 6.45) is 95.1. The second-order valence-corrected chi connectivity index (χ2v) is 22.3. The van der Waals surface area contributed by atoms with E-state index in [0.29, 0.717) is 19.3 Å². The molecule has 0 aromatic carbocycles. The van der Waals surface area contributed by atoms with E-state index in [1.54, 1.807) is 0 Å². The third-order valence-electron chi connectivity index (χ3n) is 14.4. The Balaban J connectivity index is 4.33. The van der Waals surface area contributed by atoms with Crippen LogP contribution in [0.5, 0.6) is 0 Å². The smallest absolute Gasteiger partial charge is 0.306 e. The molecule has 0 aromatic heterocycles. The van der Waals surface area contributed by atoms with Crippen LogP contribution in [-0.2, 0) is 28.6 Å². The molecule has 462 valence electrons. The molecule has 0 aliphatic heterocycles. The second kappa shape index (κ2) is 68.3. The molecule has 0 radical (unpaired) electrons. The second-order valence-electron chi connectivity index (χ2n) is 22.3. The monoisotopic (exact) mass is 1120 g/mol. The number of esters is 3. The lowest BCUT2D eigenvalue weighted by molar-refractivity contribution is -0.167. The van der Waals surface area contributed by atoms with Crippen LogP contribution in [0.3, 0.4) is 0 Å². The average molecular weight is 1120 g/mol. The van der Waals surface area contributed by atoms with Crippen molar-refractivity contribution in [3.8, 4) is 0 Å². The van der Waals surface area contributed by atoms with Crippen LogP contribution in [-0.4, -0.2) is 37.2 Å². The van der Waals surface area contributed by atoms with Gasteiger partial charge in [-0.2, -0.15) is 0 Å². The molecule has 0 spiro atoms. The van der Waals surface area contributed by atoms with Crippen molar-refractivity contribution in [2.45, 2.75) is 322 Å². The molecule has 0 saturated carbocycles. The predicted octanol–water partition coefficient (Wildman–Crippen LogP) is 23.6. The largest absolute Gasteiger partial charge is 0.462 e. The fraction of sp³-hybridized carbons (Fsp3) is 0.693. The number of hydrogen-bond acceptors (Lipinski definition) is 6. The molecule has 1 atom stereocenters. The van der Waals surface area contributed by atoms with Gasteiger partial charge >= 0.3 is 17.9 Å². The molecule has 81 heavy (non-hydrogen) atoms. The summed E-state index contributed by atoms with van der Waals surface area (Å²) in [5, 5.41) is 0. The van der Waals surface area contributed by atoms with E-state index in [1.807, 2.05) is 0 Å². The summed E-state index contributed by atoms with van der Waals surface area (Å²) in [6.45, 7) is 6.40. The van der Waals surface area contributed by atoms with E-state index in [-0.39, 0.29) is 31.1 Å². The molecule has 0 saturated heterocycles. The van der Waals surface area contributed by atoms with Crippen LogP contribution in [0.2, 0.25) is 0 Å². The number of carbonyl (C=O) groups is 3. The highest BCUT2D eigenvalue weighted by molar-refractivity contribution is 5.71. The fourth-order valence-corrected chi connectivity index (χ4v) is 9.40. The minimum atomic E-state index is -0.800. The van der Waals surface area contributed by atoms with E-state index >= 15 is 0 Å². The molecule has 0 amide bonds. The molecular formula is C75H126O6. The Bertz CT molecular complexity index is 1670. The van der Waals surface area contributed by atoms with Crippen molar-refractivity contribution < 1.29 is 28.6 Å². The summed E-state index contributed by atoms with van der Waals surface area (Å²) in [7, 11) is 0. The predicted molar refractivity (Wildman–Crippen MR) is 353 cm³/mol. The van der Waals surface area contributed by atoms with Gasteiger partial charge in [0.25, 0.3) is 0 Å². The van der Waals surface area contributed by atoms with Crippen molar-refractivity contribution in [2.24, 2.45) is 0 Å². The van der Waals surface area contributed by atoms with E-state index in [2.05, 4.69) is 142 Å². The maximum Gasteiger partial charge on any atom is 0.306 e. The number of carbonyl (C=O) groups excluding carboxylic acids is 3. The topological polar surface area (TPSA) is 78.9 Å². The number of unbranched alkanes of at least 4 members (excludes halogenated alkanes) is 30. The normalized spacial score (nSPS) is 12.9. The van der Waals surface area contributed by atoms with Gasteiger partial charge in [-0.3, -0.25) is 14.4 Å². The van der Waals surface area contributed by atoms with Crippen LogP contribution in [0.25, 0.3) is 0 Å². The minimum absolute atomic E-state index is 0.0930. The van der Waals surface area contributed by atoms with Gasteiger partial charge in [0.1, 0.15) is 13.2 Å². The Morgan fingerprint density at radius 2 is 0.481 bits per heavy atom. The number of hydrogen-bond donors (Lipinski definition) is 0. The average Bonchev–Trinajstić information content (AvgIpc) is 3.47. The van der Waals surface area contributed by atoms with Crippen LogP contribution in [0.15, 0.2) is 122 Å². The maximum atomic E-state index is 12.9. The Labute approximate surface area is 501 Å². The quantitative estimate of drug-likeness (QED) is 0.0261. The van der Waals surface area contributed by atoms with Crippen molar-refractivity contribution in [3.63, 3.8) is 0 Å². The van der Waals surface area contributed by atoms with Gasteiger partial charge in [0.05, 0.1) is 0 Å². The summed E-state index contributed by atoms with van der Waals surface area (Å²) in [4.78, 5) is 38.4. The molecule has 6 heteroatoms. The minimum Gasteiger partial charge on any atom is -0.462 e. The van der Waals surface area contributed by atoms with Crippen LogP contribution in [0, 0.1) is 0 Å². The molecule has 0 bridgehead atoms. The lowest BCUT2D eigenvalue weighted by Gasteiger charge is -2.18. The van der Waals surface area contributed by atoms with Crippen molar-refractivity contribution >= 4 is 17.9 Å². The van der Waals surface area contributed by atoms with Gasteiger partial charge in [-0.25, -0.2) is 0 Å². The Morgan fingerprint density at radius 1 is 0.259 bits per heavy atom. The van der Waals surface area contributed by atoms with E-state index in [9.17, 15) is 14.4 Å². The summed E-state index contributed by atoms with van der Waals surface area (Å²) in [6, 6.07) is 0. The Morgan fingerprint density at radius 3 is 0.790 bits per heavy atom. The first-order chi connectivity index (χ1) is 40.0. The molecule has 0 rings (SSSR count). The van der Waals surface area contributed by atoms with Crippen molar-refractivity contribution in [1.29, 1.82) is 0 Å². The molecule has 1 unspecified atom stereocenters. The molecule has 6 nitrogen and oxygen atoms in total. The van der Waals surface area contributed by atoms with Gasteiger partial charge in [-0.1, -0.05) is 290 Å². The summed E-state index contributed by atoms with van der Waals surface area (Å²) >= 11 is 0. The zero-order valence-electron chi connectivity index (χ0n) is 53.0. The van der Waals surface area contributed by atoms with Crippen molar-refractivity contribution in [3.05, 3.63) is 122 Å². The first-order valence-corrected chi connectivity index (χ1v) is 34.0. The van der Waals surface area contributed by atoms with E-state index in [1.165, 1.54) is 161 Å².